The van der Waals surface area contributed by atoms with Gasteiger partial charge in [0.25, 0.3) is 17.7 Å². The minimum atomic E-state index is -0.501. The minimum Gasteiger partial charge on any atom is -1.00 e. The highest BCUT2D eigenvalue weighted by Crippen LogP contribution is 2.33. The largest absolute Gasteiger partial charge is 1.00 e. The third-order valence-electron chi connectivity index (χ3n) is 18.6. The van der Waals surface area contributed by atoms with Crippen LogP contribution in [0.25, 0.3) is 0 Å². The van der Waals surface area contributed by atoms with E-state index in [0.29, 0.717) is 93.1 Å². The number of rotatable bonds is 24. The zero-order valence-corrected chi connectivity index (χ0v) is 64.8. The average Bonchev–Trinajstić information content (AvgIpc) is 0.815. The van der Waals surface area contributed by atoms with Gasteiger partial charge in [0.1, 0.15) is 31.5 Å². The molecule has 3 aliphatic heterocycles. The lowest BCUT2D eigenvalue weighted by Gasteiger charge is -2.43. The van der Waals surface area contributed by atoms with E-state index in [4.69, 9.17) is 29.4 Å². The normalized spacial score (nSPS) is 19.5. The predicted molar refractivity (Wildman–Crippen MR) is 378 cm³/mol. The molecule has 5 N–H and O–H groups in total. The van der Waals surface area contributed by atoms with E-state index < -0.39 is 17.9 Å². The Balaban J connectivity index is 0.000000320. The van der Waals surface area contributed by atoms with Gasteiger partial charge in [0.15, 0.2) is 19.6 Å². The molecule has 3 heterocycles. The fourth-order valence-electron chi connectivity index (χ4n) is 14.0. The van der Waals surface area contributed by atoms with Gasteiger partial charge in [-0.25, -0.2) is 14.4 Å². The molecule has 6 aromatic rings. The molecule has 3 fully saturated rings. The number of nitrogens with two attached hydrogens (primary N) is 1. The Hall–Kier alpha value is -8.13. The van der Waals surface area contributed by atoms with Crippen LogP contribution in [0.15, 0.2) is 146 Å². The maximum atomic E-state index is 13.4. The second-order valence-corrected chi connectivity index (χ2v) is 26.8. The van der Waals surface area contributed by atoms with Crippen LogP contribution < -0.4 is 72.6 Å². The third kappa shape index (κ3) is 25.1. The summed E-state index contributed by atoms with van der Waals surface area (Å²) in [5.41, 5.74) is 13.6. The molecule has 9 rings (SSSR count). The molecule has 0 saturated carbocycles. The number of esters is 5. The first-order valence-electron chi connectivity index (χ1n) is 34.2. The summed E-state index contributed by atoms with van der Waals surface area (Å²) in [4.78, 5) is 114. The molecule has 0 radical (unpaired) electrons. The predicted octanol–water partition coefficient (Wildman–Crippen LogP) is 1.84. The van der Waals surface area contributed by atoms with Crippen LogP contribution in [-0.2, 0) is 72.1 Å². The first-order chi connectivity index (χ1) is 47.4. The van der Waals surface area contributed by atoms with Crippen LogP contribution in [0.5, 0.6) is 0 Å². The van der Waals surface area contributed by atoms with Crippen molar-refractivity contribution in [3.8, 4) is 0 Å². The van der Waals surface area contributed by atoms with E-state index in [1.54, 1.807) is 36.4 Å². The van der Waals surface area contributed by atoms with Crippen LogP contribution in [0.4, 0.5) is 17.1 Å². The van der Waals surface area contributed by atoms with Gasteiger partial charge in [-0.3, -0.25) is 28.8 Å². The summed E-state index contributed by atoms with van der Waals surface area (Å²) in [5, 5.41) is 8.84. The van der Waals surface area contributed by atoms with E-state index in [2.05, 4.69) is 16.0 Å². The fourth-order valence-corrected chi connectivity index (χ4v) is 14.0. The quantitative estimate of drug-likeness (QED) is 0.0383. The maximum Gasteiger partial charge on any atom is 0.339 e. The van der Waals surface area contributed by atoms with Crippen molar-refractivity contribution >= 4 is 70.5 Å². The Bertz CT molecular complexity index is 3780. The zero-order valence-electron chi connectivity index (χ0n) is 60.1. The number of anilines is 3. The van der Waals surface area contributed by atoms with Crippen LogP contribution in [0, 0.1) is 38.5 Å². The molecule has 6 atom stereocenters. The molecule has 4 amide bonds. The van der Waals surface area contributed by atoms with Gasteiger partial charge in [-0.2, -0.15) is 0 Å². The van der Waals surface area contributed by atoms with Crippen molar-refractivity contribution in [2.75, 3.05) is 103 Å². The van der Waals surface area contributed by atoms with Gasteiger partial charge in [0.2, 0.25) is 5.91 Å². The number of aryl methyl sites for hydroxylation is 3. The topological polar surface area (TPSA) is 262 Å². The second kappa shape index (κ2) is 41.8. The molecule has 0 spiro atoms. The molecule has 21 nitrogen and oxygen atoms in total. The molecule has 6 aromatic carbocycles. The summed E-state index contributed by atoms with van der Waals surface area (Å²) in [7, 11) is 3.95. The number of halogens is 3. The summed E-state index contributed by atoms with van der Waals surface area (Å²) in [5.74, 6) is -3.53. The Kier molecular flexibility index (Phi) is 35.4. The number of amides is 4. The van der Waals surface area contributed by atoms with Crippen molar-refractivity contribution in [1.29, 1.82) is 0 Å². The van der Waals surface area contributed by atoms with Crippen LogP contribution in [0.2, 0.25) is 0 Å². The molecular formula is C78H100Br3N7O14. The highest BCUT2D eigenvalue weighted by molar-refractivity contribution is 6.04. The molecule has 6 unspecified atom stereocenters. The minimum absolute atomic E-state index is 0. The first kappa shape index (κ1) is 86.3. The number of quaternary nitrogens is 3. The molecule has 552 valence electrons. The zero-order chi connectivity index (χ0) is 71.7. The van der Waals surface area contributed by atoms with Crippen molar-refractivity contribution in [2.24, 2.45) is 23.5 Å². The van der Waals surface area contributed by atoms with E-state index in [1.807, 2.05) is 151 Å². The number of primary amides is 1. The monoisotopic (exact) mass is 1600 g/mol. The molecule has 0 bridgehead atoms. The highest BCUT2D eigenvalue weighted by atomic mass is 79.9. The molecular weight excluding hydrogens is 1500 g/mol. The van der Waals surface area contributed by atoms with Gasteiger partial charge in [0.05, 0.1) is 113 Å². The molecule has 0 aromatic heterocycles. The Morgan fingerprint density at radius 3 is 1.04 bits per heavy atom. The van der Waals surface area contributed by atoms with Crippen molar-refractivity contribution in [2.45, 2.75) is 112 Å². The van der Waals surface area contributed by atoms with Gasteiger partial charge in [-0.05, 0) is 114 Å². The lowest BCUT2D eigenvalue weighted by atomic mass is 9.94. The lowest BCUT2D eigenvalue weighted by Crippen LogP contribution is -3.00. The number of methoxy groups -OCH3 is 3. The van der Waals surface area contributed by atoms with E-state index in [-0.39, 0.29) is 130 Å². The van der Waals surface area contributed by atoms with E-state index in [1.165, 1.54) is 21.3 Å². The lowest BCUT2D eigenvalue weighted by molar-refractivity contribution is -0.940. The maximum absolute atomic E-state index is 13.4. The number of benzene rings is 6. The van der Waals surface area contributed by atoms with Gasteiger partial charge < -0.3 is 110 Å². The second-order valence-electron chi connectivity index (χ2n) is 26.8. The van der Waals surface area contributed by atoms with Gasteiger partial charge in [0, 0.05) is 16.7 Å². The number of carbonyl (C=O) groups is 9. The first-order valence-corrected chi connectivity index (χ1v) is 34.2. The molecule has 3 aliphatic rings. The smallest absolute Gasteiger partial charge is 0.339 e. The van der Waals surface area contributed by atoms with Gasteiger partial charge in [-0.1, -0.05) is 134 Å². The van der Waals surface area contributed by atoms with Crippen LogP contribution in [0.3, 0.4) is 0 Å². The molecule has 102 heavy (non-hydrogen) atoms. The number of ether oxygens (including phenoxy) is 5. The number of nitrogens with one attached hydrogen (secondary N) is 3. The van der Waals surface area contributed by atoms with Gasteiger partial charge >= 0.3 is 29.8 Å². The number of hydrogen-bond acceptors (Lipinski definition) is 14. The molecule has 24 heteroatoms. The highest BCUT2D eigenvalue weighted by Gasteiger charge is 2.44. The third-order valence-corrected chi connectivity index (χ3v) is 18.6. The van der Waals surface area contributed by atoms with Crippen LogP contribution in [0.1, 0.15) is 130 Å². The number of likely N-dealkylation sites (tertiary alicyclic amines) is 3. The van der Waals surface area contributed by atoms with Crippen molar-refractivity contribution in [3.63, 3.8) is 0 Å². The Labute approximate surface area is 631 Å². The molecule has 0 aliphatic carbocycles. The summed E-state index contributed by atoms with van der Waals surface area (Å²) in [6, 6.07) is 45.7. The summed E-state index contributed by atoms with van der Waals surface area (Å²) in [6.07, 6.45) is 5.37. The SMILES string of the molecule is CCCOC(=O)C1CCC[N+](CC(=O)Nc2c(C)cccc2C(=O)OC)(Cc2ccccc2)C1.COC(=O)c1cccc(C)c1NC(=O)C[N+]1(Cc2ccccc2)CCCC(C(=O)OC(C)C)C1.COC(=O)c1cccc(C)c1NC(=O)C[N+]1(Cc2ccccc2)CCCC(C(N)=O)C1.[Br-].[Br-].[Br-]. The number of para-hydroxylation sites is 3. The van der Waals surface area contributed by atoms with Gasteiger partial charge in [-0.15, -0.1) is 0 Å². The van der Waals surface area contributed by atoms with E-state index >= 15 is 0 Å². The van der Waals surface area contributed by atoms with E-state index in [9.17, 15) is 43.2 Å². The molecule has 3 saturated heterocycles. The van der Waals surface area contributed by atoms with Crippen LogP contribution >= 0.6 is 0 Å². The van der Waals surface area contributed by atoms with E-state index in [0.717, 1.165) is 98.0 Å². The number of nitrogens with zero attached hydrogens (tertiary/aromatic N) is 3. The number of carbonyl (C=O) groups excluding carboxylic acids is 9. The van der Waals surface area contributed by atoms with Crippen molar-refractivity contribution < 1.29 is 131 Å². The number of piperidine rings is 3. The average molecular weight is 1600 g/mol. The Morgan fingerprint density at radius 2 is 0.745 bits per heavy atom. The number of hydrogen-bond donors (Lipinski definition) is 4. The van der Waals surface area contributed by atoms with Crippen molar-refractivity contribution in [1.82, 2.24) is 0 Å². The van der Waals surface area contributed by atoms with Crippen molar-refractivity contribution in [3.05, 3.63) is 196 Å². The Morgan fingerprint density at radius 1 is 0.441 bits per heavy atom. The summed E-state index contributed by atoms with van der Waals surface area (Å²) < 4.78 is 26.9. The van der Waals surface area contributed by atoms with Crippen LogP contribution in [-0.4, -0.2) is 160 Å². The standard InChI is InChI=1S/2C27H34N2O5.C24H29N3O4.3BrH/c1-19(2)34-26(31)22-13-9-15-29(17-22,16-21-11-6-5-7-12-21)18-24(30)28-25-20(3)10-8-14-23(25)27(32)33-4;1-4-16-34-26(31)22-13-9-15-29(18-22,17-21-11-6-5-7-12-21)19-24(30)28-25-20(2)10-8-14-23(25)27(32)33-3;1-17-8-6-12-20(24(30)31-2)22(17)26-21(28)16-27(14-18-9-4-3-5-10-18)13-7-11-19(15-27)23(25)29;;;/h5-8,10-12,14,19,22H,9,13,15-18H2,1-4H3;5-8,10-12,14,22H,4,9,13,15-19H2,1-3H3;3-6,8-10,12,19H,7,11,13-16H2,1-2H3,(H2-,25,26,28,29,30);3*1H. The summed E-state index contributed by atoms with van der Waals surface area (Å²) >= 11 is 0. The summed E-state index contributed by atoms with van der Waals surface area (Å²) in [6.45, 7) is 18.0. The fraction of sp³-hybridized carbons (Fsp3) is 0.423.